The minimum Gasteiger partial charge on any atom is -0.393 e. The summed E-state index contributed by atoms with van der Waals surface area (Å²) >= 11 is 0. The van der Waals surface area contributed by atoms with Gasteiger partial charge in [-0.25, -0.2) is 0 Å². The highest BCUT2D eigenvalue weighted by molar-refractivity contribution is 4.95. The fraction of sp³-hybridized carbons (Fsp3) is 0.818. The van der Waals surface area contributed by atoms with Gasteiger partial charge in [-0.15, -0.1) is 11.8 Å². The third-order valence-corrected chi connectivity index (χ3v) is 2.61. The summed E-state index contributed by atoms with van der Waals surface area (Å²) < 4.78 is 0. The zero-order valence-electron chi connectivity index (χ0n) is 7.84. The first-order valence-corrected chi connectivity index (χ1v) is 4.90. The Morgan fingerprint density at radius 1 is 1.50 bits per heavy atom. The molecule has 1 atom stereocenters. The SMILES string of the molecule is CC#CCCC(O)CC1CCC1. The van der Waals surface area contributed by atoms with Gasteiger partial charge in [0.25, 0.3) is 0 Å². The van der Waals surface area contributed by atoms with Gasteiger partial charge in [0.1, 0.15) is 0 Å². The second kappa shape index (κ2) is 5.22. The molecule has 0 saturated heterocycles. The Balaban J connectivity index is 2.01. The van der Waals surface area contributed by atoms with Crippen LogP contribution in [0.25, 0.3) is 0 Å². The number of hydrogen-bond donors (Lipinski definition) is 1. The van der Waals surface area contributed by atoms with Crippen LogP contribution < -0.4 is 0 Å². The van der Waals surface area contributed by atoms with Crippen molar-refractivity contribution in [3.8, 4) is 11.8 Å². The van der Waals surface area contributed by atoms with Crippen LogP contribution >= 0.6 is 0 Å². The van der Waals surface area contributed by atoms with E-state index in [0.29, 0.717) is 0 Å². The zero-order chi connectivity index (χ0) is 8.81. The van der Waals surface area contributed by atoms with E-state index in [9.17, 15) is 5.11 Å². The average Bonchev–Trinajstić information content (AvgIpc) is 1.98. The van der Waals surface area contributed by atoms with E-state index in [4.69, 9.17) is 0 Å². The fourth-order valence-electron chi connectivity index (χ4n) is 1.59. The Bertz CT molecular complexity index is 171. The molecule has 0 bridgehead atoms. The maximum Gasteiger partial charge on any atom is 0.0552 e. The van der Waals surface area contributed by atoms with Gasteiger partial charge in [0.2, 0.25) is 0 Å². The van der Waals surface area contributed by atoms with Gasteiger partial charge in [-0.3, -0.25) is 0 Å². The molecule has 0 radical (unpaired) electrons. The van der Waals surface area contributed by atoms with Crippen LogP contribution in [0.5, 0.6) is 0 Å². The molecule has 1 N–H and O–H groups in total. The number of aliphatic hydroxyl groups excluding tert-OH is 1. The Hall–Kier alpha value is -0.480. The van der Waals surface area contributed by atoms with E-state index in [0.717, 1.165) is 25.2 Å². The van der Waals surface area contributed by atoms with Gasteiger partial charge in [-0.1, -0.05) is 19.3 Å². The second-order valence-electron chi connectivity index (χ2n) is 3.65. The smallest absolute Gasteiger partial charge is 0.0552 e. The molecule has 1 aliphatic rings. The average molecular weight is 166 g/mol. The minimum atomic E-state index is -0.101. The second-order valence-corrected chi connectivity index (χ2v) is 3.65. The number of aliphatic hydroxyl groups is 1. The van der Waals surface area contributed by atoms with Gasteiger partial charge >= 0.3 is 0 Å². The van der Waals surface area contributed by atoms with E-state index in [1.54, 1.807) is 0 Å². The normalized spacial score (nSPS) is 19.2. The highest BCUT2D eigenvalue weighted by Crippen LogP contribution is 2.31. The van der Waals surface area contributed by atoms with E-state index >= 15 is 0 Å². The van der Waals surface area contributed by atoms with Gasteiger partial charge in [-0.05, 0) is 25.7 Å². The molecule has 1 rings (SSSR count). The largest absolute Gasteiger partial charge is 0.393 e. The predicted molar refractivity (Wildman–Crippen MR) is 50.6 cm³/mol. The summed E-state index contributed by atoms with van der Waals surface area (Å²) in [6, 6.07) is 0. The first-order valence-electron chi connectivity index (χ1n) is 4.90. The molecule has 1 unspecified atom stereocenters. The molecule has 0 aromatic carbocycles. The fourth-order valence-corrected chi connectivity index (χ4v) is 1.59. The van der Waals surface area contributed by atoms with Crippen LogP contribution in [0.15, 0.2) is 0 Å². The molecule has 68 valence electrons. The molecule has 0 spiro atoms. The summed E-state index contributed by atoms with van der Waals surface area (Å²) in [6.07, 6.45) is 6.64. The summed E-state index contributed by atoms with van der Waals surface area (Å²) in [4.78, 5) is 0. The lowest BCUT2D eigenvalue weighted by Gasteiger charge is -2.27. The highest BCUT2D eigenvalue weighted by Gasteiger charge is 2.20. The van der Waals surface area contributed by atoms with Crippen LogP contribution in [-0.2, 0) is 0 Å². The highest BCUT2D eigenvalue weighted by atomic mass is 16.3. The van der Waals surface area contributed by atoms with Crippen LogP contribution in [0.3, 0.4) is 0 Å². The van der Waals surface area contributed by atoms with Crippen molar-refractivity contribution in [1.82, 2.24) is 0 Å². The zero-order valence-corrected chi connectivity index (χ0v) is 7.84. The van der Waals surface area contributed by atoms with E-state index in [1.165, 1.54) is 19.3 Å². The summed E-state index contributed by atoms with van der Waals surface area (Å²) in [6.45, 7) is 1.85. The summed E-state index contributed by atoms with van der Waals surface area (Å²) in [5.41, 5.74) is 0. The maximum atomic E-state index is 9.54. The van der Waals surface area contributed by atoms with Crippen LogP contribution in [0, 0.1) is 17.8 Å². The Kier molecular flexibility index (Phi) is 4.18. The van der Waals surface area contributed by atoms with Crippen LogP contribution in [-0.4, -0.2) is 11.2 Å². The molecule has 12 heavy (non-hydrogen) atoms. The lowest BCUT2D eigenvalue weighted by Crippen LogP contribution is -2.18. The third-order valence-electron chi connectivity index (χ3n) is 2.61. The van der Waals surface area contributed by atoms with Gasteiger partial charge in [-0.2, -0.15) is 0 Å². The molecular weight excluding hydrogens is 148 g/mol. The minimum absolute atomic E-state index is 0.101. The van der Waals surface area contributed by atoms with Crippen LogP contribution in [0.2, 0.25) is 0 Å². The maximum absolute atomic E-state index is 9.54. The Labute approximate surface area is 75.2 Å². The van der Waals surface area contributed by atoms with Crippen molar-refractivity contribution in [2.24, 2.45) is 5.92 Å². The molecule has 0 aromatic rings. The van der Waals surface area contributed by atoms with Crippen molar-refractivity contribution >= 4 is 0 Å². The van der Waals surface area contributed by atoms with E-state index in [-0.39, 0.29) is 6.10 Å². The van der Waals surface area contributed by atoms with Crippen molar-refractivity contribution in [2.45, 2.75) is 51.6 Å². The molecule has 1 heteroatoms. The molecular formula is C11H18O. The summed E-state index contributed by atoms with van der Waals surface area (Å²) in [7, 11) is 0. The van der Waals surface area contributed by atoms with Crippen molar-refractivity contribution in [2.75, 3.05) is 0 Å². The number of hydrogen-bond acceptors (Lipinski definition) is 1. The van der Waals surface area contributed by atoms with Gasteiger partial charge in [0.05, 0.1) is 6.10 Å². The Morgan fingerprint density at radius 3 is 2.75 bits per heavy atom. The topological polar surface area (TPSA) is 20.2 Å². The lowest BCUT2D eigenvalue weighted by molar-refractivity contribution is 0.111. The molecule has 0 amide bonds. The van der Waals surface area contributed by atoms with Gasteiger partial charge in [0, 0.05) is 6.42 Å². The number of rotatable bonds is 4. The third kappa shape index (κ3) is 3.28. The molecule has 1 fully saturated rings. The molecule has 0 aliphatic heterocycles. The summed E-state index contributed by atoms with van der Waals surface area (Å²) in [5.74, 6) is 6.64. The van der Waals surface area contributed by atoms with Crippen molar-refractivity contribution < 1.29 is 5.11 Å². The molecule has 1 saturated carbocycles. The van der Waals surface area contributed by atoms with Gasteiger partial charge in [0.15, 0.2) is 0 Å². The van der Waals surface area contributed by atoms with Gasteiger partial charge < -0.3 is 5.11 Å². The van der Waals surface area contributed by atoms with E-state index in [2.05, 4.69) is 11.8 Å². The Morgan fingerprint density at radius 2 is 2.25 bits per heavy atom. The van der Waals surface area contributed by atoms with Crippen LogP contribution in [0.1, 0.15) is 45.4 Å². The lowest BCUT2D eigenvalue weighted by atomic mass is 9.81. The quantitative estimate of drug-likeness (QED) is 0.635. The molecule has 0 heterocycles. The van der Waals surface area contributed by atoms with E-state index < -0.39 is 0 Å². The molecule has 1 aliphatic carbocycles. The predicted octanol–water partition coefficient (Wildman–Crippen LogP) is 2.34. The van der Waals surface area contributed by atoms with Crippen molar-refractivity contribution in [3.05, 3.63) is 0 Å². The summed E-state index contributed by atoms with van der Waals surface area (Å²) in [5, 5.41) is 9.54. The van der Waals surface area contributed by atoms with Crippen LogP contribution in [0.4, 0.5) is 0 Å². The van der Waals surface area contributed by atoms with Crippen molar-refractivity contribution in [3.63, 3.8) is 0 Å². The first kappa shape index (κ1) is 9.61. The molecule has 1 nitrogen and oxygen atoms in total. The van der Waals surface area contributed by atoms with Crippen molar-refractivity contribution in [1.29, 1.82) is 0 Å². The van der Waals surface area contributed by atoms with E-state index in [1.807, 2.05) is 6.92 Å². The molecule has 0 aromatic heterocycles. The monoisotopic (exact) mass is 166 g/mol. The first-order chi connectivity index (χ1) is 5.83. The standard InChI is InChI=1S/C11H18O/c1-2-3-4-8-11(12)9-10-6-5-7-10/h10-12H,4-9H2,1H3.